The number of hydrogen-bond donors (Lipinski definition) is 4. The molecular formula is C28H48N4O10. The zero-order valence-electron chi connectivity index (χ0n) is 25.2. The lowest BCUT2D eigenvalue weighted by Crippen LogP contribution is -2.53. The first-order chi connectivity index (χ1) is 19.6. The summed E-state index contributed by atoms with van der Waals surface area (Å²) in [6.45, 7) is 7.47. The second-order valence-electron chi connectivity index (χ2n) is 11.4. The Kier molecular flexibility index (Phi) is 16.4. The van der Waals surface area contributed by atoms with Crippen molar-refractivity contribution in [3.8, 4) is 0 Å². The highest BCUT2D eigenvalue weighted by Gasteiger charge is 2.31. The summed E-state index contributed by atoms with van der Waals surface area (Å²) >= 11 is 0. The third-order valence-electron chi connectivity index (χ3n) is 7.60. The normalized spacial score (nSPS) is 18.6. The molecule has 4 N–H and O–H groups in total. The van der Waals surface area contributed by atoms with Gasteiger partial charge in [-0.05, 0) is 12.8 Å². The van der Waals surface area contributed by atoms with Gasteiger partial charge in [-0.2, -0.15) is 0 Å². The smallest absolute Gasteiger partial charge is 0.320 e. The molecule has 0 radical (unpaired) electrons. The molecule has 1 aliphatic rings. The number of rotatable bonds is 16. The third kappa shape index (κ3) is 13.8. The van der Waals surface area contributed by atoms with Crippen molar-refractivity contribution in [1.82, 2.24) is 19.6 Å². The van der Waals surface area contributed by atoms with Crippen molar-refractivity contribution in [2.24, 2.45) is 11.8 Å². The van der Waals surface area contributed by atoms with Crippen LogP contribution in [0.4, 0.5) is 0 Å². The number of aliphatic carboxylic acids is 4. The van der Waals surface area contributed by atoms with Crippen molar-refractivity contribution in [2.75, 3.05) is 65.4 Å². The molecule has 0 aromatic heterocycles. The molecule has 0 amide bonds. The summed E-state index contributed by atoms with van der Waals surface area (Å²) in [4.78, 5) is 78.7. The Hall–Kier alpha value is -2.94. The van der Waals surface area contributed by atoms with E-state index >= 15 is 0 Å². The number of carbonyl (C=O) groups excluding carboxylic acids is 2. The van der Waals surface area contributed by atoms with Gasteiger partial charge in [-0.1, -0.05) is 27.7 Å². The molecule has 1 fully saturated rings. The summed E-state index contributed by atoms with van der Waals surface area (Å²) in [5.74, 6) is -5.07. The van der Waals surface area contributed by atoms with E-state index in [0.29, 0.717) is 0 Å². The Morgan fingerprint density at radius 2 is 0.810 bits per heavy atom. The van der Waals surface area contributed by atoms with Crippen LogP contribution in [0.5, 0.6) is 0 Å². The van der Waals surface area contributed by atoms with Crippen LogP contribution in [-0.2, 0) is 28.8 Å². The zero-order valence-corrected chi connectivity index (χ0v) is 25.2. The fourth-order valence-electron chi connectivity index (χ4n) is 4.91. The molecule has 2 unspecified atom stereocenters. The van der Waals surface area contributed by atoms with Gasteiger partial charge in [-0.15, -0.1) is 0 Å². The predicted molar refractivity (Wildman–Crippen MR) is 152 cm³/mol. The monoisotopic (exact) mass is 600 g/mol. The lowest BCUT2D eigenvalue weighted by atomic mass is 10.0. The lowest BCUT2D eigenvalue weighted by molar-refractivity contribution is -0.145. The van der Waals surface area contributed by atoms with Gasteiger partial charge in [0.1, 0.15) is 23.7 Å². The Bertz CT molecular complexity index is 852. The number of carbonyl (C=O) groups is 6. The van der Waals surface area contributed by atoms with Gasteiger partial charge in [0, 0.05) is 77.0 Å². The molecular weight excluding hydrogens is 552 g/mol. The van der Waals surface area contributed by atoms with Crippen LogP contribution in [-0.4, -0.2) is 153 Å². The molecule has 240 valence electrons. The molecule has 0 spiro atoms. The van der Waals surface area contributed by atoms with Gasteiger partial charge in [0.05, 0.1) is 13.1 Å². The van der Waals surface area contributed by atoms with Crippen molar-refractivity contribution in [1.29, 1.82) is 0 Å². The maximum absolute atomic E-state index is 12.3. The SMILES string of the molecule is CC(C)C(=O)CCC(C(=O)O)N1CCN(CC(=O)O)CCN(C(CCC(=O)C(C)C)C(=O)O)CCN(CC(=O)O)CC1. The quantitative estimate of drug-likeness (QED) is 0.189. The van der Waals surface area contributed by atoms with Crippen molar-refractivity contribution in [3.05, 3.63) is 0 Å². The van der Waals surface area contributed by atoms with Crippen molar-refractivity contribution in [2.45, 2.75) is 65.5 Å². The van der Waals surface area contributed by atoms with E-state index in [1.807, 2.05) is 0 Å². The van der Waals surface area contributed by atoms with E-state index in [4.69, 9.17) is 0 Å². The first-order valence-electron chi connectivity index (χ1n) is 14.5. The molecule has 14 heteroatoms. The van der Waals surface area contributed by atoms with Crippen LogP contribution < -0.4 is 0 Å². The highest BCUT2D eigenvalue weighted by Crippen LogP contribution is 2.15. The van der Waals surface area contributed by atoms with Gasteiger partial charge in [0.15, 0.2) is 0 Å². The maximum Gasteiger partial charge on any atom is 0.320 e. The number of carboxylic acid groups (broad SMARTS) is 4. The summed E-state index contributed by atoms with van der Waals surface area (Å²) in [7, 11) is 0. The van der Waals surface area contributed by atoms with Gasteiger partial charge in [-0.3, -0.25) is 48.4 Å². The molecule has 0 saturated carbocycles. The van der Waals surface area contributed by atoms with E-state index in [2.05, 4.69) is 0 Å². The van der Waals surface area contributed by atoms with E-state index in [1.165, 1.54) is 0 Å². The standard InChI is InChI=1S/C28H48N4O10/c1-19(2)23(33)7-5-21(27(39)40)31-13-9-29(17-25(35)36)11-15-32(16-12-30(10-14-31)18-26(37)38)22(28(41)42)6-8-24(34)20(3)4/h19-22H,5-18H2,1-4H3,(H,35,36)(H,37,38)(H,39,40)(H,41,42). The van der Waals surface area contributed by atoms with E-state index in [1.54, 1.807) is 47.3 Å². The Balaban J connectivity index is 3.29. The maximum atomic E-state index is 12.3. The van der Waals surface area contributed by atoms with E-state index < -0.39 is 36.0 Å². The van der Waals surface area contributed by atoms with Gasteiger partial charge in [0.2, 0.25) is 0 Å². The fraction of sp³-hybridized carbons (Fsp3) is 0.786. The van der Waals surface area contributed by atoms with E-state index in [-0.39, 0.29) is 115 Å². The molecule has 14 nitrogen and oxygen atoms in total. The van der Waals surface area contributed by atoms with Crippen LogP contribution in [0, 0.1) is 11.8 Å². The minimum absolute atomic E-state index is 0.0629. The summed E-state index contributed by atoms with van der Waals surface area (Å²) in [5.41, 5.74) is 0. The van der Waals surface area contributed by atoms with Gasteiger partial charge in [-0.25, -0.2) is 0 Å². The fourth-order valence-corrected chi connectivity index (χ4v) is 4.91. The number of ketones is 2. The molecule has 0 aromatic rings. The molecule has 1 saturated heterocycles. The Morgan fingerprint density at radius 1 is 0.524 bits per heavy atom. The molecule has 2 atom stereocenters. The molecule has 0 bridgehead atoms. The predicted octanol–water partition coefficient (Wildman–Crippen LogP) is 0.294. The van der Waals surface area contributed by atoms with Gasteiger partial charge in [0.25, 0.3) is 0 Å². The van der Waals surface area contributed by atoms with Gasteiger partial charge < -0.3 is 20.4 Å². The summed E-state index contributed by atoms with van der Waals surface area (Å²) in [5, 5.41) is 39.0. The topological polar surface area (TPSA) is 196 Å². The summed E-state index contributed by atoms with van der Waals surface area (Å²) in [6.07, 6.45) is 0.252. The molecule has 0 aromatic carbocycles. The average molecular weight is 601 g/mol. The molecule has 1 rings (SSSR count). The summed E-state index contributed by atoms with van der Waals surface area (Å²) in [6, 6.07) is -2.05. The van der Waals surface area contributed by atoms with Crippen LogP contribution in [0.15, 0.2) is 0 Å². The Labute approximate surface area is 247 Å². The van der Waals surface area contributed by atoms with Crippen molar-refractivity contribution >= 4 is 35.4 Å². The Morgan fingerprint density at radius 3 is 1.02 bits per heavy atom. The molecule has 1 heterocycles. The first kappa shape index (κ1) is 37.1. The zero-order chi connectivity index (χ0) is 32.0. The van der Waals surface area contributed by atoms with Gasteiger partial charge >= 0.3 is 23.9 Å². The van der Waals surface area contributed by atoms with Crippen molar-refractivity contribution < 1.29 is 49.2 Å². The highest BCUT2D eigenvalue weighted by atomic mass is 16.4. The van der Waals surface area contributed by atoms with E-state index in [9.17, 15) is 49.2 Å². The van der Waals surface area contributed by atoms with Crippen LogP contribution in [0.3, 0.4) is 0 Å². The van der Waals surface area contributed by atoms with Crippen LogP contribution >= 0.6 is 0 Å². The molecule has 1 aliphatic heterocycles. The molecule has 42 heavy (non-hydrogen) atoms. The third-order valence-corrected chi connectivity index (χ3v) is 7.60. The number of nitrogens with zero attached hydrogens (tertiary/aromatic N) is 4. The first-order valence-corrected chi connectivity index (χ1v) is 14.5. The second-order valence-corrected chi connectivity index (χ2v) is 11.4. The summed E-state index contributed by atoms with van der Waals surface area (Å²) < 4.78 is 0. The lowest BCUT2D eigenvalue weighted by Gasteiger charge is -2.37. The second kappa shape index (κ2) is 18.6. The van der Waals surface area contributed by atoms with Crippen LogP contribution in [0.1, 0.15) is 53.4 Å². The van der Waals surface area contributed by atoms with Crippen molar-refractivity contribution in [3.63, 3.8) is 0 Å². The van der Waals surface area contributed by atoms with Crippen LogP contribution in [0.25, 0.3) is 0 Å². The highest BCUT2D eigenvalue weighted by molar-refractivity contribution is 5.82. The number of carboxylic acids is 4. The number of Topliss-reactive ketones (excluding diaryl/α,β-unsaturated/α-hetero) is 2. The molecule has 0 aliphatic carbocycles. The minimum Gasteiger partial charge on any atom is -0.480 e. The largest absolute Gasteiger partial charge is 0.480 e. The van der Waals surface area contributed by atoms with E-state index in [0.717, 1.165) is 0 Å². The van der Waals surface area contributed by atoms with Crippen LogP contribution in [0.2, 0.25) is 0 Å². The number of hydrogen-bond acceptors (Lipinski definition) is 10. The minimum atomic E-state index is -1.13. The average Bonchev–Trinajstić information content (AvgIpc) is 2.87.